The van der Waals surface area contributed by atoms with Crippen LogP contribution in [0.1, 0.15) is 34.6 Å². The predicted octanol–water partition coefficient (Wildman–Crippen LogP) is 3.04. The highest BCUT2D eigenvalue weighted by Gasteiger charge is 2.39. The second-order valence-corrected chi connectivity index (χ2v) is 6.63. The smallest absolute Gasteiger partial charge is 0.101 e. The summed E-state index contributed by atoms with van der Waals surface area (Å²) >= 11 is 0. The van der Waals surface area contributed by atoms with E-state index in [1.54, 1.807) is 0 Å². The lowest BCUT2D eigenvalue weighted by molar-refractivity contribution is 0.413. The summed E-state index contributed by atoms with van der Waals surface area (Å²) in [4.78, 5) is 2.34. The lowest BCUT2D eigenvalue weighted by Gasteiger charge is -2.31. The van der Waals surface area contributed by atoms with Crippen LogP contribution in [0.2, 0.25) is 0 Å². The molecule has 3 heteroatoms. The molecule has 0 bridgehead atoms. The van der Waals surface area contributed by atoms with Crippen LogP contribution >= 0.6 is 0 Å². The van der Waals surface area contributed by atoms with E-state index in [2.05, 4.69) is 59.7 Å². The monoisotopic (exact) mass is 303 g/mol. The van der Waals surface area contributed by atoms with Crippen LogP contribution < -0.4 is 10.2 Å². The molecule has 2 unspecified atom stereocenters. The van der Waals surface area contributed by atoms with Gasteiger partial charge in [0.05, 0.1) is 11.3 Å². The average molecular weight is 303 g/mol. The molecule has 0 saturated carbocycles. The number of nitrogens with one attached hydrogen (secondary N) is 1. The Morgan fingerprint density at radius 1 is 1.22 bits per heavy atom. The highest BCUT2D eigenvalue weighted by Crippen LogP contribution is 2.44. The summed E-state index contributed by atoms with van der Waals surface area (Å²) in [6.07, 6.45) is 2.03. The second-order valence-electron chi connectivity index (χ2n) is 6.63. The summed E-state index contributed by atoms with van der Waals surface area (Å²) in [5, 5.41) is 13.2. The maximum absolute atomic E-state index is 9.65. The Balaban J connectivity index is 1.76. The number of fused-ring (bicyclic) bond motifs is 3. The standard InChI is InChI=1S/C20H21N3/c1-23-19-7-8-22-13-18(19)17-11-15(10-16(12-21)20(17)23)9-14-5-3-2-4-6-14/h2-6,10-11,18-19,22H,7-9,13H2,1H3. The number of hydrogen-bond donors (Lipinski definition) is 1. The molecule has 3 nitrogen and oxygen atoms in total. The van der Waals surface area contributed by atoms with Gasteiger partial charge in [-0.2, -0.15) is 5.26 Å². The van der Waals surface area contributed by atoms with Gasteiger partial charge >= 0.3 is 0 Å². The van der Waals surface area contributed by atoms with Crippen LogP contribution in [-0.2, 0) is 6.42 Å². The highest BCUT2D eigenvalue weighted by atomic mass is 15.2. The number of nitriles is 1. The minimum absolute atomic E-state index is 0.506. The molecule has 2 aliphatic heterocycles. The summed E-state index contributed by atoms with van der Waals surface area (Å²) in [5.41, 5.74) is 5.87. The molecule has 0 amide bonds. The van der Waals surface area contributed by atoms with E-state index in [4.69, 9.17) is 0 Å². The van der Waals surface area contributed by atoms with Crippen LogP contribution in [0.5, 0.6) is 0 Å². The van der Waals surface area contributed by atoms with E-state index in [1.165, 1.54) is 16.7 Å². The number of rotatable bonds is 2. The van der Waals surface area contributed by atoms with Crippen molar-refractivity contribution in [2.45, 2.75) is 24.8 Å². The van der Waals surface area contributed by atoms with E-state index >= 15 is 0 Å². The largest absolute Gasteiger partial charge is 0.370 e. The van der Waals surface area contributed by atoms with Crippen LogP contribution in [0.3, 0.4) is 0 Å². The molecule has 0 radical (unpaired) electrons. The third-order valence-electron chi connectivity index (χ3n) is 5.27. The van der Waals surface area contributed by atoms with Crippen LogP contribution in [0, 0.1) is 11.3 Å². The highest BCUT2D eigenvalue weighted by molar-refractivity contribution is 5.71. The van der Waals surface area contributed by atoms with Gasteiger partial charge in [-0.05, 0) is 42.1 Å². The van der Waals surface area contributed by atoms with Crippen LogP contribution in [0.4, 0.5) is 5.69 Å². The quantitative estimate of drug-likeness (QED) is 0.927. The first-order valence-electron chi connectivity index (χ1n) is 8.32. The van der Waals surface area contributed by atoms with E-state index < -0.39 is 0 Å². The number of piperidine rings is 1. The van der Waals surface area contributed by atoms with Gasteiger partial charge in [-0.25, -0.2) is 0 Å². The molecular weight excluding hydrogens is 282 g/mol. The number of likely N-dealkylation sites (N-methyl/N-ethyl adjacent to an activating group) is 1. The lowest BCUT2D eigenvalue weighted by Crippen LogP contribution is -2.42. The van der Waals surface area contributed by atoms with Crippen molar-refractivity contribution in [3.05, 3.63) is 64.7 Å². The topological polar surface area (TPSA) is 39.1 Å². The molecular formula is C20H21N3. The van der Waals surface area contributed by atoms with Crippen molar-refractivity contribution in [2.24, 2.45) is 0 Å². The molecule has 1 N–H and O–H groups in total. The summed E-state index contributed by atoms with van der Waals surface area (Å²) in [5.74, 6) is 0.506. The van der Waals surface area contributed by atoms with Crippen molar-refractivity contribution in [1.82, 2.24) is 5.32 Å². The summed E-state index contributed by atoms with van der Waals surface area (Å²) in [7, 11) is 2.15. The molecule has 2 aromatic carbocycles. The molecule has 116 valence electrons. The lowest BCUT2D eigenvalue weighted by atomic mass is 9.88. The fraction of sp³-hybridized carbons (Fsp3) is 0.350. The summed E-state index contributed by atoms with van der Waals surface area (Å²) in [6.45, 7) is 2.08. The molecule has 2 aromatic rings. The zero-order valence-electron chi connectivity index (χ0n) is 13.4. The van der Waals surface area contributed by atoms with Gasteiger partial charge in [-0.1, -0.05) is 36.4 Å². The molecule has 0 aromatic heterocycles. The summed E-state index contributed by atoms with van der Waals surface area (Å²) in [6, 6.07) is 17.9. The molecule has 1 saturated heterocycles. The molecule has 2 heterocycles. The van der Waals surface area contributed by atoms with Gasteiger partial charge < -0.3 is 10.2 Å². The number of anilines is 1. The fourth-order valence-corrected chi connectivity index (χ4v) is 4.21. The number of benzene rings is 2. The molecule has 2 aliphatic rings. The number of nitrogens with zero attached hydrogens (tertiary/aromatic N) is 2. The van der Waals surface area contributed by atoms with Gasteiger partial charge in [0, 0.05) is 25.6 Å². The van der Waals surface area contributed by atoms with E-state index in [-0.39, 0.29) is 0 Å². The normalized spacial score (nSPS) is 22.3. The van der Waals surface area contributed by atoms with Crippen molar-refractivity contribution in [2.75, 3.05) is 25.0 Å². The molecule has 4 rings (SSSR count). The Morgan fingerprint density at radius 3 is 2.83 bits per heavy atom. The third-order valence-corrected chi connectivity index (χ3v) is 5.27. The Kier molecular flexibility index (Phi) is 3.55. The van der Waals surface area contributed by atoms with E-state index in [0.29, 0.717) is 12.0 Å². The van der Waals surface area contributed by atoms with Gasteiger partial charge in [0.15, 0.2) is 0 Å². The number of hydrogen-bond acceptors (Lipinski definition) is 3. The third kappa shape index (κ3) is 2.40. The van der Waals surface area contributed by atoms with Crippen molar-refractivity contribution >= 4 is 5.69 Å². The van der Waals surface area contributed by atoms with E-state index in [1.807, 2.05) is 6.07 Å². The first-order chi connectivity index (χ1) is 11.3. The minimum atomic E-state index is 0.506. The van der Waals surface area contributed by atoms with Crippen LogP contribution in [0.25, 0.3) is 0 Å². The average Bonchev–Trinajstić information content (AvgIpc) is 2.88. The van der Waals surface area contributed by atoms with Crippen molar-refractivity contribution in [3.8, 4) is 6.07 Å². The molecule has 2 atom stereocenters. The van der Waals surface area contributed by atoms with Gasteiger partial charge in [0.1, 0.15) is 6.07 Å². The first kappa shape index (κ1) is 14.3. The van der Waals surface area contributed by atoms with Crippen LogP contribution in [0.15, 0.2) is 42.5 Å². The minimum Gasteiger partial charge on any atom is -0.370 e. The van der Waals surface area contributed by atoms with E-state index in [0.717, 1.165) is 37.2 Å². The predicted molar refractivity (Wildman–Crippen MR) is 92.8 cm³/mol. The molecule has 0 spiro atoms. The van der Waals surface area contributed by atoms with Gasteiger partial charge in [-0.15, -0.1) is 0 Å². The Bertz CT molecular complexity index is 760. The molecule has 1 fully saturated rings. The maximum Gasteiger partial charge on any atom is 0.101 e. The summed E-state index contributed by atoms with van der Waals surface area (Å²) < 4.78 is 0. The molecule has 0 aliphatic carbocycles. The van der Waals surface area contributed by atoms with Crippen LogP contribution in [-0.4, -0.2) is 26.2 Å². The van der Waals surface area contributed by atoms with Crippen molar-refractivity contribution in [1.29, 1.82) is 5.26 Å². The zero-order valence-corrected chi connectivity index (χ0v) is 13.4. The molecule has 23 heavy (non-hydrogen) atoms. The SMILES string of the molecule is CN1c2c(C#N)cc(Cc3ccccc3)cc2C2CNCCC21. The second kappa shape index (κ2) is 5.72. The zero-order chi connectivity index (χ0) is 15.8. The Labute approximate surface area is 137 Å². The van der Waals surface area contributed by atoms with Gasteiger partial charge in [-0.3, -0.25) is 0 Å². The van der Waals surface area contributed by atoms with Gasteiger partial charge in [0.25, 0.3) is 0 Å². The van der Waals surface area contributed by atoms with E-state index in [9.17, 15) is 5.26 Å². The van der Waals surface area contributed by atoms with Gasteiger partial charge in [0.2, 0.25) is 0 Å². The fourth-order valence-electron chi connectivity index (χ4n) is 4.21. The Hall–Kier alpha value is -2.31. The first-order valence-corrected chi connectivity index (χ1v) is 8.32. The van der Waals surface area contributed by atoms with Crippen molar-refractivity contribution < 1.29 is 0 Å². The maximum atomic E-state index is 9.65. The van der Waals surface area contributed by atoms with Crippen molar-refractivity contribution in [3.63, 3.8) is 0 Å². The Morgan fingerprint density at radius 2 is 2.04 bits per heavy atom.